The van der Waals surface area contributed by atoms with Crippen LogP contribution in [0, 0.1) is 0 Å². The molecule has 102 valence electrons. The van der Waals surface area contributed by atoms with Gasteiger partial charge in [0.25, 0.3) is 0 Å². The molecule has 3 unspecified atom stereocenters. The lowest BCUT2D eigenvalue weighted by Gasteiger charge is -2.15. The molecule has 0 radical (unpaired) electrons. The summed E-state index contributed by atoms with van der Waals surface area (Å²) in [7, 11) is -1.47. The minimum absolute atomic E-state index is 0.130. The largest absolute Gasteiger partial charge is 0.416 e. The molecular weight excluding hydrogens is 263 g/mol. The molecule has 3 atom stereocenters. The second-order valence-corrected chi connectivity index (χ2v) is 6.22. The van der Waals surface area contributed by atoms with Gasteiger partial charge in [-0.15, -0.1) is 0 Å². The molecule has 0 aliphatic carbocycles. The van der Waals surface area contributed by atoms with Crippen molar-refractivity contribution >= 4 is 10.8 Å². The van der Waals surface area contributed by atoms with Gasteiger partial charge in [0.05, 0.1) is 16.4 Å². The Morgan fingerprint density at radius 3 is 2.44 bits per heavy atom. The Balaban J connectivity index is 2.93. The minimum atomic E-state index is -4.41. The highest BCUT2D eigenvalue weighted by molar-refractivity contribution is 7.85. The first-order valence-electron chi connectivity index (χ1n) is 5.55. The summed E-state index contributed by atoms with van der Waals surface area (Å²) in [5.41, 5.74) is 4.82. The Morgan fingerprint density at radius 1 is 1.33 bits per heavy atom. The van der Waals surface area contributed by atoms with Crippen molar-refractivity contribution in [2.24, 2.45) is 5.73 Å². The lowest BCUT2D eigenvalue weighted by Crippen LogP contribution is -2.24. The maximum Gasteiger partial charge on any atom is 0.416 e. The predicted octanol–water partition coefficient (Wildman–Crippen LogP) is 2.94. The molecule has 0 saturated carbocycles. The Morgan fingerprint density at radius 2 is 1.94 bits per heavy atom. The van der Waals surface area contributed by atoms with E-state index >= 15 is 0 Å². The van der Waals surface area contributed by atoms with Crippen molar-refractivity contribution in [3.63, 3.8) is 0 Å². The van der Waals surface area contributed by atoms with Gasteiger partial charge >= 0.3 is 6.18 Å². The van der Waals surface area contributed by atoms with Crippen molar-refractivity contribution in [1.29, 1.82) is 0 Å². The first-order valence-corrected chi connectivity index (χ1v) is 6.76. The van der Waals surface area contributed by atoms with Crippen LogP contribution in [0.2, 0.25) is 0 Å². The van der Waals surface area contributed by atoms with Crippen molar-refractivity contribution in [3.8, 4) is 0 Å². The molecular formula is C12H16F3NOS. The zero-order chi connectivity index (χ0) is 13.9. The van der Waals surface area contributed by atoms with Crippen LogP contribution in [0.15, 0.2) is 29.2 Å². The molecule has 18 heavy (non-hydrogen) atoms. The van der Waals surface area contributed by atoms with E-state index in [1.54, 1.807) is 13.8 Å². The van der Waals surface area contributed by atoms with Gasteiger partial charge in [0.2, 0.25) is 0 Å². The van der Waals surface area contributed by atoms with Crippen LogP contribution >= 0.6 is 0 Å². The number of hydrogen-bond acceptors (Lipinski definition) is 2. The van der Waals surface area contributed by atoms with Crippen LogP contribution in [0.25, 0.3) is 0 Å². The van der Waals surface area contributed by atoms with E-state index < -0.39 is 22.5 Å². The number of benzene rings is 1. The number of hydrogen-bond donors (Lipinski definition) is 1. The van der Waals surface area contributed by atoms with Crippen LogP contribution in [0.3, 0.4) is 0 Å². The van der Waals surface area contributed by atoms with Gasteiger partial charge in [-0.05, 0) is 31.5 Å². The van der Waals surface area contributed by atoms with Crippen LogP contribution in [0.1, 0.15) is 25.8 Å². The van der Waals surface area contributed by atoms with Crippen molar-refractivity contribution in [2.45, 2.75) is 42.6 Å². The highest BCUT2D eigenvalue weighted by Crippen LogP contribution is 2.30. The minimum Gasteiger partial charge on any atom is -0.328 e. The van der Waals surface area contributed by atoms with Gasteiger partial charge in [0, 0.05) is 16.2 Å². The Kier molecular flexibility index (Phi) is 4.92. The molecule has 0 fully saturated rings. The summed E-state index contributed by atoms with van der Waals surface area (Å²) in [6, 6.07) is 4.50. The van der Waals surface area contributed by atoms with Crippen molar-refractivity contribution in [1.82, 2.24) is 0 Å². The number of alkyl halides is 3. The molecule has 0 saturated heterocycles. The molecule has 0 aliphatic heterocycles. The maximum absolute atomic E-state index is 12.5. The summed E-state index contributed by atoms with van der Waals surface area (Å²) in [6.45, 7) is 3.50. The fourth-order valence-electron chi connectivity index (χ4n) is 1.64. The van der Waals surface area contributed by atoms with Crippen molar-refractivity contribution in [2.75, 3.05) is 0 Å². The summed E-state index contributed by atoms with van der Waals surface area (Å²) in [6.07, 6.45) is -3.91. The summed E-state index contributed by atoms with van der Waals surface area (Å²) in [5.74, 6) is 0. The SMILES string of the molecule is CC(N)CC(C)S(=O)c1cccc(C(F)(F)F)c1. The van der Waals surface area contributed by atoms with Gasteiger partial charge < -0.3 is 5.73 Å². The van der Waals surface area contributed by atoms with Crippen LogP contribution < -0.4 is 5.73 Å². The summed E-state index contributed by atoms with van der Waals surface area (Å²) < 4.78 is 49.6. The zero-order valence-electron chi connectivity index (χ0n) is 10.2. The fraction of sp³-hybridized carbons (Fsp3) is 0.500. The maximum atomic E-state index is 12.5. The summed E-state index contributed by atoms with van der Waals surface area (Å²) in [4.78, 5) is 0.193. The molecule has 0 bridgehead atoms. The van der Waals surface area contributed by atoms with Crippen LogP contribution in [-0.2, 0) is 17.0 Å². The Hall–Kier alpha value is -0.880. The summed E-state index contributed by atoms with van der Waals surface area (Å²) >= 11 is 0. The standard InChI is InChI=1S/C12H16F3NOS/c1-8(16)6-9(2)18(17)11-5-3-4-10(7-11)12(13,14)15/h3-5,7-9H,6,16H2,1-2H3. The first-order chi connectivity index (χ1) is 8.21. The van der Waals surface area contributed by atoms with Crippen molar-refractivity contribution in [3.05, 3.63) is 29.8 Å². The van der Waals surface area contributed by atoms with Gasteiger partial charge in [-0.25, -0.2) is 0 Å². The molecule has 0 amide bonds. The van der Waals surface area contributed by atoms with Gasteiger partial charge in [0.1, 0.15) is 0 Å². The van der Waals surface area contributed by atoms with Gasteiger partial charge in [0.15, 0.2) is 0 Å². The van der Waals surface area contributed by atoms with E-state index in [0.29, 0.717) is 6.42 Å². The highest BCUT2D eigenvalue weighted by atomic mass is 32.2. The zero-order valence-corrected chi connectivity index (χ0v) is 11.0. The first kappa shape index (κ1) is 15.2. The molecule has 0 spiro atoms. The van der Waals surface area contributed by atoms with Gasteiger partial charge in [-0.2, -0.15) is 13.2 Å². The second-order valence-electron chi connectivity index (χ2n) is 4.35. The molecule has 6 heteroatoms. The predicted molar refractivity (Wildman–Crippen MR) is 65.6 cm³/mol. The third-order valence-electron chi connectivity index (χ3n) is 2.46. The lowest BCUT2D eigenvalue weighted by molar-refractivity contribution is -0.137. The second kappa shape index (κ2) is 5.84. The van der Waals surface area contributed by atoms with E-state index in [-0.39, 0.29) is 16.2 Å². The highest BCUT2D eigenvalue weighted by Gasteiger charge is 2.31. The topological polar surface area (TPSA) is 43.1 Å². The van der Waals surface area contributed by atoms with Crippen LogP contribution in [-0.4, -0.2) is 15.5 Å². The normalized spacial score (nSPS) is 17.2. The molecule has 1 rings (SSSR count). The van der Waals surface area contributed by atoms with E-state index in [9.17, 15) is 17.4 Å². The third kappa shape index (κ3) is 4.10. The number of rotatable bonds is 4. The Bertz CT molecular complexity index is 432. The molecule has 0 aliphatic rings. The number of halogens is 3. The monoisotopic (exact) mass is 279 g/mol. The van der Waals surface area contributed by atoms with Crippen molar-refractivity contribution < 1.29 is 17.4 Å². The molecule has 0 aromatic heterocycles. The molecule has 0 heterocycles. The third-order valence-corrected chi connectivity index (χ3v) is 4.10. The Labute approximate surface area is 107 Å². The van der Waals surface area contributed by atoms with E-state index in [1.807, 2.05) is 0 Å². The van der Waals surface area contributed by atoms with E-state index in [2.05, 4.69) is 0 Å². The molecule has 1 aromatic carbocycles. The van der Waals surface area contributed by atoms with Crippen LogP contribution in [0.4, 0.5) is 13.2 Å². The van der Waals surface area contributed by atoms with E-state index in [0.717, 1.165) is 12.1 Å². The van der Waals surface area contributed by atoms with Crippen LogP contribution in [0.5, 0.6) is 0 Å². The van der Waals surface area contributed by atoms with E-state index in [1.165, 1.54) is 12.1 Å². The lowest BCUT2D eigenvalue weighted by atomic mass is 10.2. The number of nitrogens with two attached hydrogens (primary N) is 1. The van der Waals surface area contributed by atoms with Gasteiger partial charge in [-0.1, -0.05) is 13.0 Å². The smallest absolute Gasteiger partial charge is 0.328 e. The fourth-order valence-corrected chi connectivity index (χ4v) is 3.04. The molecule has 2 nitrogen and oxygen atoms in total. The van der Waals surface area contributed by atoms with Gasteiger partial charge in [-0.3, -0.25) is 4.21 Å². The summed E-state index contributed by atoms with van der Waals surface area (Å²) in [5, 5.41) is -0.270. The molecule has 1 aromatic rings. The average Bonchev–Trinajstić information content (AvgIpc) is 2.26. The average molecular weight is 279 g/mol. The van der Waals surface area contributed by atoms with E-state index in [4.69, 9.17) is 5.73 Å². The quantitative estimate of drug-likeness (QED) is 0.921. The molecule has 2 N–H and O–H groups in total.